The highest BCUT2D eigenvalue weighted by molar-refractivity contribution is 9.10. The van der Waals surface area contributed by atoms with Gasteiger partial charge in [0.15, 0.2) is 55.8 Å². The number of aryl methyl sites for hydroxylation is 7. The molecule has 0 saturated carbocycles. The lowest BCUT2D eigenvalue weighted by molar-refractivity contribution is -0.121. The Morgan fingerprint density at radius 3 is 0.913 bits per heavy atom. The average molecular weight is 1810 g/mol. The maximum atomic E-state index is 12.8. The van der Waals surface area contributed by atoms with Crippen LogP contribution in [0.3, 0.4) is 0 Å². The highest BCUT2D eigenvalue weighted by atomic mass is 79.9. The van der Waals surface area contributed by atoms with E-state index in [0.29, 0.717) is 27.8 Å². The van der Waals surface area contributed by atoms with Gasteiger partial charge in [-0.05, 0) is 132 Å². The number of amides is 5. The van der Waals surface area contributed by atoms with E-state index in [0.717, 1.165) is 45.0 Å². The summed E-state index contributed by atoms with van der Waals surface area (Å²) < 4.78 is 19.8. The van der Waals surface area contributed by atoms with Crippen molar-refractivity contribution in [3.8, 4) is 0 Å². The molecule has 10 aromatic heterocycles. The van der Waals surface area contributed by atoms with Crippen LogP contribution in [-0.2, 0) is 101 Å². The van der Waals surface area contributed by atoms with Crippen LogP contribution in [0.4, 0.5) is 28.4 Å². The summed E-state index contributed by atoms with van der Waals surface area (Å²) in [6.07, 6.45) is 7.95. The monoisotopic (exact) mass is 1800 g/mol. The molecule has 40 nitrogen and oxygen atoms in total. The van der Waals surface area contributed by atoms with Crippen molar-refractivity contribution >= 4 is 141 Å². The molecule has 0 spiro atoms. The molecule has 0 fully saturated rings. The Bertz CT molecular complexity index is 7260. The van der Waals surface area contributed by atoms with Crippen LogP contribution >= 0.6 is 27.5 Å². The van der Waals surface area contributed by atoms with Crippen LogP contribution in [0.1, 0.15) is 82.9 Å². The molecule has 5 amide bonds. The van der Waals surface area contributed by atoms with Crippen molar-refractivity contribution < 1.29 is 24.0 Å². The summed E-state index contributed by atoms with van der Waals surface area (Å²) in [5, 5.41) is 11.7. The second kappa shape index (κ2) is 37.8. The Balaban J connectivity index is 0.000000153. The molecule has 0 radical (unpaired) electrons. The molecule has 4 N–H and O–H groups in total. The fourth-order valence-electron chi connectivity index (χ4n) is 13.5. The lowest BCUT2D eigenvalue weighted by atomic mass is 10.1. The summed E-state index contributed by atoms with van der Waals surface area (Å²) in [6, 6.07) is 34.8. The molecule has 15 rings (SSSR count). The fourth-order valence-corrected chi connectivity index (χ4v) is 14.0. The zero-order valence-corrected chi connectivity index (χ0v) is 74.2. The predicted molar refractivity (Wildman–Crippen MR) is 482 cm³/mol. The topological polar surface area (TPSA) is 446 Å². The van der Waals surface area contributed by atoms with Gasteiger partial charge in [-0.3, -0.25) is 93.6 Å². The largest absolute Gasteiger partial charge is 0.332 e. The van der Waals surface area contributed by atoms with Crippen molar-refractivity contribution in [3.05, 3.63) is 284 Å². The summed E-state index contributed by atoms with van der Waals surface area (Å²) in [7, 11) is 16.4. The molecule has 0 saturated heterocycles. The summed E-state index contributed by atoms with van der Waals surface area (Å²) in [5.74, 6) is -1.38. The van der Waals surface area contributed by atoms with Crippen molar-refractivity contribution in [2.45, 2.75) is 85.1 Å². The van der Waals surface area contributed by atoms with E-state index in [1.54, 1.807) is 99.2 Å². The molecule has 42 heteroatoms. The third kappa shape index (κ3) is 18.2. The molecule has 10 heterocycles. The summed E-state index contributed by atoms with van der Waals surface area (Å²) >= 11 is 9.25. The van der Waals surface area contributed by atoms with Crippen molar-refractivity contribution in [1.82, 2.24) is 93.4 Å². The van der Waals surface area contributed by atoms with Gasteiger partial charge in [0.25, 0.3) is 27.8 Å². The highest BCUT2D eigenvalue weighted by Crippen LogP contribution is 2.25. The first-order valence-corrected chi connectivity index (χ1v) is 40.1. The standard InChI is InChI=1S/C18H21N5O3.2C17H19N5O3.C16H16BrN5O3.C16H16ClN5O3/c1-5-12-6-8-13(9-7-12)20-16(24)11(2)23-10-19-15-14(23)17(25)22(4)18(26)21(15)3;1-10-5-7-12(8-6-10)19-15(23)11(2)22-9-18-14-13(22)16(24)21(4)17(25)20(14)3;1-11(15(23)19(2)12-8-6-5-7-9-12)22-10-18-14-13(22)16(24)21(4)17(25)20(14)3;1-9(14(23)19-11-6-4-10(17)5-7-11)22-8-18-13-12(22)15(24)21(3)16(25)20(13)2;1-9(14(23)19-11-6-4-5-10(17)7-11)22-8-18-13-12(22)15(24)21(3)16(25)20(13)2/h6-11H,5H2,1-4H3,(H,20,24);5-9,11H,1-4H3,(H,19,23);5-11H,1-4H3;2*4-9H,1-3H3,(H,19,23). The number of rotatable bonds is 16. The Morgan fingerprint density at radius 2 is 0.627 bits per heavy atom. The minimum Gasteiger partial charge on any atom is -0.324 e. The molecule has 0 aliphatic rings. The van der Waals surface area contributed by atoms with Gasteiger partial charge >= 0.3 is 28.4 Å². The van der Waals surface area contributed by atoms with Gasteiger partial charge < -0.3 is 49.0 Å². The molecule has 5 unspecified atom stereocenters. The van der Waals surface area contributed by atoms with Gasteiger partial charge in [-0.25, -0.2) is 48.9 Å². The number of halogens is 2. The molecule has 5 aromatic carbocycles. The highest BCUT2D eigenvalue weighted by Gasteiger charge is 2.29. The first-order valence-electron chi connectivity index (χ1n) is 39.0. The number of para-hydroxylation sites is 1. The third-order valence-electron chi connectivity index (χ3n) is 21.5. The maximum Gasteiger partial charge on any atom is 0.332 e. The number of anilines is 5. The van der Waals surface area contributed by atoms with Gasteiger partial charge in [-0.15, -0.1) is 0 Å². The average Bonchev–Trinajstić information content (AvgIpc) is 1.59. The Kier molecular flexibility index (Phi) is 27.5. The number of fused-ring (bicyclic) bond motifs is 5. The van der Waals surface area contributed by atoms with Crippen LogP contribution in [-0.4, -0.2) is 130 Å². The first-order chi connectivity index (χ1) is 59.6. The van der Waals surface area contributed by atoms with E-state index in [-0.39, 0.29) is 85.4 Å². The molecular formula is C84H91BrClN25O15. The molecule has 15 aromatic rings. The molecule has 0 aliphatic carbocycles. The number of imidazole rings is 5. The Labute approximate surface area is 727 Å². The summed E-state index contributed by atoms with van der Waals surface area (Å²) in [4.78, 5) is 208. The van der Waals surface area contributed by atoms with Crippen molar-refractivity contribution in [3.63, 3.8) is 0 Å². The minimum absolute atomic E-state index is 0.193. The lowest BCUT2D eigenvalue weighted by Crippen LogP contribution is -2.39. The Hall–Kier alpha value is -15.0. The van der Waals surface area contributed by atoms with Crippen molar-refractivity contribution in [2.75, 3.05) is 33.2 Å². The van der Waals surface area contributed by atoms with Gasteiger partial charge in [0.2, 0.25) is 29.5 Å². The van der Waals surface area contributed by atoms with Crippen LogP contribution in [0.25, 0.3) is 55.8 Å². The van der Waals surface area contributed by atoms with Gasteiger partial charge in [0.1, 0.15) is 30.2 Å². The van der Waals surface area contributed by atoms with Crippen molar-refractivity contribution in [2.24, 2.45) is 70.5 Å². The van der Waals surface area contributed by atoms with Crippen LogP contribution in [0.15, 0.2) is 211 Å². The van der Waals surface area contributed by atoms with Crippen LogP contribution < -0.4 is 82.4 Å². The molecular weight excluding hydrogens is 1710 g/mol. The molecule has 5 atom stereocenters. The van der Waals surface area contributed by atoms with Gasteiger partial charge in [-0.1, -0.05) is 88.5 Å². The van der Waals surface area contributed by atoms with Gasteiger partial charge in [0.05, 0.1) is 31.6 Å². The quantitative estimate of drug-likeness (QED) is 0.0930. The van der Waals surface area contributed by atoms with Gasteiger partial charge in [0, 0.05) is 115 Å². The number of likely N-dealkylation sites (N-methyl/N-ethyl adjacent to an activating group) is 1. The van der Waals surface area contributed by atoms with E-state index in [1.165, 1.54) is 137 Å². The molecule has 0 aliphatic heterocycles. The number of carbonyl (C=O) groups excluding carboxylic acids is 5. The Morgan fingerprint density at radius 1 is 0.357 bits per heavy atom. The fraction of sp³-hybridized carbons (Fsp3) is 0.286. The SMILES string of the molecule is CC(C(=O)N(C)c1ccccc1)n1cnc2c1c(=O)n(C)c(=O)n2C.CC(C(=O)Nc1ccc(Br)cc1)n1cnc2c1c(=O)n(C)c(=O)n2C.CC(C(=O)Nc1cccc(Cl)c1)n1cnc2c1c(=O)n(C)c(=O)n2C.CCc1ccc(NC(=O)C(C)n2cnc3c2c(=O)n(C)c(=O)n3C)cc1.Cc1ccc(NC(=O)C(C)n2cnc3c2c(=O)n(C)c(=O)n3C)cc1. The van der Waals surface area contributed by atoms with E-state index in [1.807, 2.05) is 97.9 Å². The molecule has 126 heavy (non-hydrogen) atoms. The normalized spacial score (nSPS) is 12.3. The predicted octanol–water partition coefficient (Wildman–Crippen LogP) is 5.48. The van der Waals surface area contributed by atoms with E-state index in [9.17, 15) is 71.9 Å². The van der Waals surface area contributed by atoms with Crippen molar-refractivity contribution in [1.29, 1.82) is 0 Å². The number of aromatic nitrogens is 20. The minimum atomic E-state index is -0.714. The number of benzene rings is 5. The molecule has 656 valence electrons. The second-order valence-electron chi connectivity index (χ2n) is 29.7. The van der Waals surface area contributed by atoms with E-state index in [4.69, 9.17) is 11.6 Å². The van der Waals surface area contributed by atoms with E-state index in [2.05, 4.69) is 69.0 Å². The maximum absolute atomic E-state index is 12.8. The van der Waals surface area contributed by atoms with Crippen LogP contribution in [0, 0.1) is 6.92 Å². The number of carbonyl (C=O) groups is 5. The smallest absolute Gasteiger partial charge is 0.324 e. The number of nitrogens with one attached hydrogen (secondary N) is 4. The molecule has 0 bridgehead atoms. The van der Waals surface area contributed by atoms with Gasteiger partial charge in [-0.2, -0.15) is 0 Å². The van der Waals surface area contributed by atoms with Crippen LogP contribution in [0.2, 0.25) is 5.02 Å². The first kappa shape index (κ1) is 91.7. The zero-order chi connectivity index (χ0) is 92.2. The third-order valence-corrected chi connectivity index (χ3v) is 22.2. The summed E-state index contributed by atoms with van der Waals surface area (Å²) in [6.45, 7) is 12.4. The number of nitrogens with zero attached hydrogens (tertiary/aromatic N) is 21. The second-order valence-corrected chi connectivity index (χ2v) is 31.0. The summed E-state index contributed by atoms with van der Waals surface area (Å²) in [5.41, 5.74) is 3.17. The lowest BCUT2D eigenvalue weighted by Gasteiger charge is -2.22. The zero-order valence-electron chi connectivity index (χ0n) is 71.9. The van der Waals surface area contributed by atoms with E-state index >= 15 is 0 Å². The van der Waals surface area contributed by atoms with Crippen LogP contribution in [0.5, 0.6) is 0 Å². The number of hydrogen-bond donors (Lipinski definition) is 4. The van der Waals surface area contributed by atoms with E-state index < -0.39 is 86.5 Å². The number of hydrogen-bond acceptors (Lipinski definition) is 20.